The molecule has 3 atom stereocenters. The van der Waals surface area contributed by atoms with Crippen LogP contribution in [0.1, 0.15) is 60.1 Å². The van der Waals surface area contributed by atoms with E-state index in [0.29, 0.717) is 36.7 Å². The summed E-state index contributed by atoms with van der Waals surface area (Å²) >= 11 is 6.26. The van der Waals surface area contributed by atoms with Gasteiger partial charge in [-0.1, -0.05) is 30.2 Å². The Morgan fingerprint density at radius 3 is 2.91 bits per heavy atom. The molecule has 0 saturated heterocycles. The molecule has 1 aromatic carbocycles. The molecule has 0 spiro atoms. The molecule has 8 heteroatoms. The summed E-state index contributed by atoms with van der Waals surface area (Å²) in [6.45, 7) is 3.40. The van der Waals surface area contributed by atoms with Crippen LogP contribution in [-0.4, -0.2) is 28.4 Å². The van der Waals surface area contributed by atoms with E-state index in [-0.39, 0.29) is 18.5 Å². The third-order valence-corrected chi connectivity index (χ3v) is 8.46. The van der Waals surface area contributed by atoms with Gasteiger partial charge in [-0.05, 0) is 67.3 Å². The highest BCUT2D eigenvalue weighted by atomic mass is 35.5. The van der Waals surface area contributed by atoms with Crippen LogP contribution in [0, 0.1) is 18.3 Å². The number of aromatic nitrogens is 1. The summed E-state index contributed by atoms with van der Waals surface area (Å²) in [6, 6.07) is 7.47. The average molecular weight is 492 g/mol. The Labute approximate surface area is 202 Å². The number of halogens is 4. The van der Waals surface area contributed by atoms with Gasteiger partial charge in [0.1, 0.15) is 0 Å². The van der Waals surface area contributed by atoms with E-state index in [9.17, 15) is 18.0 Å². The number of alkyl halides is 3. The topological polar surface area (TPSA) is 45.2 Å². The monoisotopic (exact) mass is 491 g/mol. The summed E-state index contributed by atoms with van der Waals surface area (Å²) in [5.74, 6) is 0.431. The molecule has 2 fully saturated rings. The molecule has 2 aliphatic carbocycles. The minimum atomic E-state index is -4.43. The number of hydrogen-bond donors (Lipinski definition) is 1. The van der Waals surface area contributed by atoms with Gasteiger partial charge in [-0.3, -0.25) is 9.78 Å². The fourth-order valence-electron chi connectivity index (χ4n) is 6.23. The Hall–Kier alpha value is -2.12. The van der Waals surface area contributed by atoms with E-state index in [0.717, 1.165) is 60.5 Å². The molecule has 0 radical (unpaired) electrons. The van der Waals surface area contributed by atoms with Crippen LogP contribution in [0.5, 0.6) is 0 Å². The number of hydrogen-bond acceptors (Lipinski definition) is 3. The van der Waals surface area contributed by atoms with E-state index in [1.165, 1.54) is 0 Å². The molecule has 2 aromatic rings. The standard InChI is InChI=1S/C26H29ClF3N3O/c1-16-4-5-17(9-22(16)27)13-31-21-11-19-3-2-7-25(19,12-21)24(34)33-8-6-23-18(15-33)10-20(14-32-23)26(28,29)30/h4-5,9-10,14,19,21,31H,2-3,6-8,11-13,15H2,1H3. The van der Waals surface area contributed by atoms with Gasteiger partial charge in [0.2, 0.25) is 5.91 Å². The van der Waals surface area contributed by atoms with Gasteiger partial charge >= 0.3 is 6.18 Å². The Kier molecular flexibility index (Phi) is 6.13. The van der Waals surface area contributed by atoms with E-state index >= 15 is 0 Å². The quantitative estimate of drug-likeness (QED) is 0.598. The van der Waals surface area contributed by atoms with E-state index in [1.807, 2.05) is 19.1 Å². The first-order chi connectivity index (χ1) is 16.2. The second-order valence-corrected chi connectivity index (χ2v) is 10.6. The molecule has 182 valence electrons. The van der Waals surface area contributed by atoms with Crippen molar-refractivity contribution in [1.29, 1.82) is 0 Å². The first-order valence-corrected chi connectivity index (χ1v) is 12.4. The van der Waals surface area contributed by atoms with Gasteiger partial charge in [0.25, 0.3) is 0 Å². The fraction of sp³-hybridized carbons (Fsp3) is 0.538. The Balaban J connectivity index is 1.29. The summed E-state index contributed by atoms with van der Waals surface area (Å²) in [7, 11) is 0. The van der Waals surface area contributed by atoms with Gasteiger partial charge in [-0.2, -0.15) is 13.2 Å². The predicted octanol–water partition coefficient (Wildman–Crippen LogP) is 5.69. The average Bonchev–Trinajstić information content (AvgIpc) is 3.36. The number of fused-ring (bicyclic) bond motifs is 2. The van der Waals surface area contributed by atoms with Crippen molar-refractivity contribution in [3.63, 3.8) is 0 Å². The molecule has 1 aliphatic heterocycles. The van der Waals surface area contributed by atoms with Crippen LogP contribution in [0.25, 0.3) is 0 Å². The van der Waals surface area contributed by atoms with Gasteiger partial charge in [0.05, 0.1) is 11.0 Å². The molecule has 3 aliphatic rings. The smallest absolute Gasteiger partial charge is 0.337 e. The third kappa shape index (κ3) is 4.33. The third-order valence-electron chi connectivity index (χ3n) is 8.05. The van der Waals surface area contributed by atoms with Crippen molar-refractivity contribution in [1.82, 2.24) is 15.2 Å². The molecule has 5 rings (SSSR count). The first kappa shape index (κ1) is 23.6. The van der Waals surface area contributed by atoms with Crippen molar-refractivity contribution in [2.75, 3.05) is 6.54 Å². The maximum atomic E-state index is 13.8. The van der Waals surface area contributed by atoms with Crippen molar-refractivity contribution in [2.45, 2.75) is 70.8 Å². The molecular weight excluding hydrogens is 463 g/mol. The van der Waals surface area contributed by atoms with Gasteiger partial charge in [0.15, 0.2) is 0 Å². The number of nitrogens with zero attached hydrogens (tertiary/aromatic N) is 2. The number of carbonyl (C=O) groups excluding carboxylic acids is 1. The van der Waals surface area contributed by atoms with Crippen LogP contribution in [0.4, 0.5) is 13.2 Å². The maximum Gasteiger partial charge on any atom is 0.417 e. The highest BCUT2D eigenvalue weighted by Gasteiger charge is 2.56. The van der Waals surface area contributed by atoms with Crippen molar-refractivity contribution >= 4 is 17.5 Å². The molecule has 4 nitrogen and oxygen atoms in total. The molecule has 2 heterocycles. The number of nitrogens with one attached hydrogen (secondary N) is 1. The number of benzene rings is 1. The van der Waals surface area contributed by atoms with Crippen molar-refractivity contribution in [3.05, 3.63) is 63.4 Å². The summed E-state index contributed by atoms with van der Waals surface area (Å²) in [4.78, 5) is 19.7. The van der Waals surface area contributed by atoms with Crippen molar-refractivity contribution in [2.24, 2.45) is 11.3 Å². The lowest BCUT2D eigenvalue weighted by molar-refractivity contribution is -0.144. The minimum absolute atomic E-state index is 0.112. The van der Waals surface area contributed by atoms with E-state index in [4.69, 9.17) is 11.6 Å². The normalized spacial score (nSPS) is 26.4. The van der Waals surface area contributed by atoms with E-state index < -0.39 is 17.2 Å². The number of rotatable bonds is 4. The summed E-state index contributed by atoms with van der Waals surface area (Å²) in [6.07, 6.45) is 1.61. The fourth-order valence-corrected chi connectivity index (χ4v) is 6.43. The SMILES string of the molecule is Cc1ccc(CNC2CC3CCCC3(C(=O)N3CCc4ncc(C(F)(F)F)cc4C3)C2)cc1Cl. The number of pyridine rings is 1. The summed E-state index contributed by atoms with van der Waals surface area (Å²) in [5, 5.41) is 4.38. The molecule has 1 N–H and O–H groups in total. The Bertz CT molecular complexity index is 1110. The maximum absolute atomic E-state index is 13.8. The second-order valence-electron chi connectivity index (χ2n) is 10.2. The summed E-state index contributed by atoms with van der Waals surface area (Å²) < 4.78 is 39.5. The number of aryl methyl sites for hydroxylation is 1. The number of carbonyl (C=O) groups is 1. The van der Waals surface area contributed by atoms with Gasteiger partial charge in [-0.25, -0.2) is 0 Å². The van der Waals surface area contributed by atoms with E-state index in [2.05, 4.69) is 16.4 Å². The molecular formula is C26H29ClF3N3O. The van der Waals surface area contributed by atoms with Crippen LogP contribution in [0.15, 0.2) is 30.5 Å². The zero-order valence-corrected chi connectivity index (χ0v) is 20.0. The lowest BCUT2D eigenvalue weighted by atomic mass is 9.78. The molecule has 0 bridgehead atoms. The van der Waals surface area contributed by atoms with Gasteiger partial charge in [0, 0.05) is 49.0 Å². The Morgan fingerprint density at radius 2 is 2.15 bits per heavy atom. The first-order valence-electron chi connectivity index (χ1n) is 12.0. The molecule has 1 amide bonds. The molecule has 1 aromatic heterocycles. The minimum Gasteiger partial charge on any atom is -0.337 e. The highest BCUT2D eigenvalue weighted by Crippen LogP contribution is 2.55. The van der Waals surface area contributed by atoms with E-state index in [1.54, 1.807) is 4.90 Å². The van der Waals surface area contributed by atoms with Crippen molar-refractivity contribution in [3.8, 4) is 0 Å². The van der Waals surface area contributed by atoms with Crippen LogP contribution >= 0.6 is 11.6 Å². The van der Waals surface area contributed by atoms with Crippen LogP contribution in [-0.2, 0) is 30.5 Å². The van der Waals surface area contributed by atoms with Gasteiger partial charge < -0.3 is 10.2 Å². The zero-order chi connectivity index (χ0) is 24.1. The highest BCUT2D eigenvalue weighted by molar-refractivity contribution is 6.31. The molecule has 3 unspecified atom stereocenters. The molecule has 34 heavy (non-hydrogen) atoms. The number of amides is 1. The lowest BCUT2D eigenvalue weighted by Gasteiger charge is -2.37. The van der Waals surface area contributed by atoms with Crippen LogP contribution in [0.3, 0.4) is 0 Å². The second kappa shape index (κ2) is 8.83. The van der Waals surface area contributed by atoms with Crippen molar-refractivity contribution < 1.29 is 18.0 Å². The lowest BCUT2D eigenvalue weighted by Crippen LogP contribution is -2.46. The Morgan fingerprint density at radius 1 is 1.32 bits per heavy atom. The zero-order valence-electron chi connectivity index (χ0n) is 19.2. The van der Waals surface area contributed by atoms with Crippen LogP contribution in [0.2, 0.25) is 5.02 Å². The largest absolute Gasteiger partial charge is 0.417 e. The van der Waals surface area contributed by atoms with Crippen LogP contribution < -0.4 is 5.32 Å². The predicted molar refractivity (Wildman–Crippen MR) is 124 cm³/mol. The van der Waals surface area contributed by atoms with Gasteiger partial charge in [-0.15, -0.1) is 0 Å². The molecule has 2 saturated carbocycles. The summed E-state index contributed by atoms with van der Waals surface area (Å²) in [5.41, 5.74) is 2.19.